The molecule has 0 fully saturated rings. The summed E-state index contributed by atoms with van der Waals surface area (Å²) >= 11 is 0. The van der Waals surface area contributed by atoms with E-state index in [9.17, 15) is 9.59 Å². The van der Waals surface area contributed by atoms with Gasteiger partial charge in [-0.1, -0.05) is 37.3 Å². The van der Waals surface area contributed by atoms with Crippen molar-refractivity contribution in [1.29, 1.82) is 5.26 Å². The van der Waals surface area contributed by atoms with Gasteiger partial charge in [-0.05, 0) is 54.4 Å². The van der Waals surface area contributed by atoms with Crippen molar-refractivity contribution in [3.8, 4) is 6.07 Å². The maximum Gasteiger partial charge on any atom is 0.255 e. The van der Waals surface area contributed by atoms with Crippen LogP contribution in [0.5, 0.6) is 0 Å². The van der Waals surface area contributed by atoms with Crippen molar-refractivity contribution in [3.63, 3.8) is 0 Å². The van der Waals surface area contributed by atoms with E-state index in [1.54, 1.807) is 48.5 Å². The Kier molecular flexibility index (Phi) is 5.83. The topological polar surface area (TPSA) is 82.0 Å². The van der Waals surface area contributed by atoms with E-state index in [0.717, 1.165) is 17.7 Å². The number of nitrogens with zero attached hydrogens (tertiary/aromatic N) is 1. The summed E-state index contributed by atoms with van der Waals surface area (Å²) in [6, 6.07) is 22.8. The molecule has 0 aliphatic rings. The zero-order valence-electron chi connectivity index (χ0n) is 15.4. The lowest BCUT2D eigenvalue weighted by Gasteiger charge is -2.11. The number of rotatable bonds is 5. The van der Waals surface area contributed by atoms with Crippen LogP contribution in [0.2, 0.25) is 0 Å². The van der Waals surface area contributed by atoms with Crippen LogP contribution in [0, 0.1) is 11.3 Å². The minimum absolute atomic E-state index is 0.276. The van der Waals surface area contributed by atoms with Crippen LogP contribution < -0.4 is 10.6 Å². The number of anilines is 2. The maximum absolute atomic E-state index is 12.6. The molecule has 0 radical (unpaired) electrons. The van der Waals surface area contributed by atoms with Crippen molar-refractivity contribution in [3.05, 3.63) is 95.1 Å². The molecule has 0 saturated carbocycles. The second-order valence-corrected chi connectivity index (χ2v) is 6.19. The molecule has 28 heavy (non-hydrogen) atoms. The Labute approximate surface area is 163 Å². The Balaban J connectivity index is 1.76. The van der Waals surface area contributed by atoms with Gasteiger partial charge in [-0.2, -0.15) is 5.26 Å². The highest BCUT2D eigenvalue weighted by molar-refractivity contribution is 6.09. The standard InChI is InChI=1S/C23H19N3O2/c1-2-17-8-3-4-12-21(17)26-23(28)19-10-6-9-18(14-19)22(27)25-20-11-5-7-16(13-20)15-24/h3-14H,2H2,1H3,(H,25,27)(H,26,28). The molecular weight excluding hydrogens is 350 g/mol. The largest absolute Gasteiger partial charge is 0.322 e. The molecule has 2 N–H and O–H groups in total. The third-order valence-electron chi connectivity index (χ3n) is 4.28. The van der Waals surface area contributed by atoms with Crippen LogP contribution in [0.1, 0.15) is 38.8 Å². The Morgan fingerprint density at radius 2 is 1.54 bits per heavy atom. The molecule has 5 nitrogen and oxygen atoms in total. The van der Waals surface area contributed by atoms with Crippen LogP contribution in [0.3, 0.4) is 0 Å². The van der Waals surface area contributed by atoms with Gasteiger partial charge in [0.2, 0.25) is 0 Å². The van der Waals surface area contributed by atoms with E-state index in [0.29, 0.717) is 22.4 Å². The number of nitrogens with one attached hydrogen (secondary N) is 2. The van der Waals surface area contributed by atoms with Crippen molar-refractivity contribution in [2.24, 2.45) is 0 Å². The molecule has 0 unspecified atom stereocenters. The van der Waals surface area contributed by atoms with Crippen LogP contribution >= 0.6 is 0 Å². The van der Waals surface area contributed by atoms with Crippen molar-refractivity contribution >= 4 is 23.2 Å². The first kappa shape index (κ1) is 18.9. The number of benzene rings is 3. The zero-order valence-corrected chi connectivity index (χ0v) is 15.4. The third-order valence-corrected chi connectivity index (χ3v) is 4.28. The molecule has 0 aliphatic heterocycles. The number of hydrogen-bond acceptors (Lipinski definition) is 3. The third kappa shape index (κ3) is 4.43. The van der Waals surface area contributed by atoms with Gasteiger partial charge in [-0.15, -0.1) is 0 Å². The molecule has 0 aliphatic carbocycles. The fraction of sp³-hybridized carbons (Fsp3) is 0.0870. The normalized spacial score (nSPS) is 10.0. The first-order valence-corrected chi connectivity index (χ1v) is 8.91. The molecule has 0 spiro atoms. The lowest BCUT2D eigenvalue weighted by Crippen LogP contribution is -2.16. The molecule has 3 aromatic carbocycles. The zero-order chi connectivity index (χ0) is 19.9. The average Bonchev–Trinajstić information content (AvgIpc) is 2.74. The highest BCUT2D eigenvalue weighted by Crippen LogP contribution is 2.18. The van der Waals surface area contributed by atoms with E-state index < -0.39 is 0 Å². The van der Waals surface area contributed by atoms with Gasteiger partial charge < -0.3 is 10.6 Å². The maximum atomic E-state index is 12.6. The highest BCUT2D eigenvalue weighted by Gasteiger charge is 2.12. The Morgan fingerprint density at radius 3 is 2.25 bits per heavy atom. The number of hydrogen-bond donors (Lipinski definition) is 2. The fourth-order valence-corrected chi connectivity index (χ4v) is 2.82. The fourth-order valence-electron chi connectivity index (χ4n) is 2.82. The average molecular weight is 369 g/mol. The number of amides is 2. The number of nitriles is 1. The Hall–Kier alpha value is -3.91. The second-order valence-electron chi connectivity index (χ2n) is 6.19. The van der Waals surface area contributed by atoms with Crippen molar-refractivity contribution in [2.45, 2.75) is 13.3 Å². The van der Waals surface area contributed by atoms with Crippen LogP contribution in [0.4, 0.5) is 11.4 Å². The molecule has 0 bridgehead atoms. The van der Waals surface area contributed by atoms with E-state index in [1.165, 1.54) is 0 Å². The summed E-state index contributed by atoms with van der Waals surface area (Å²) in [6.45, 7) is 2.03. The SMILES string of the molecule is CCc1ccccc1NC(=O)c1cccc(C(=O)Nc2cccc(C#N)c2)c1. The van der Waals surface area contributed by atoms with Gasteiger partial charge in [-0.3, -0.25) is 9.59 Å². The summed E-state index contributed by atoms with van der Waals surface area (Å²) in [5.41, 5.74) is 3.54. The summed E-state index contributed by atoms with van der Waals surface area (Å²) in [5, 5.41) is 14.6. The predicted octanol–water partition coefficient (Wildman–Crippen LogP) is 4.63. The second kappa shape index (κ2) is 8.65. The highest BCUT2D eigenvalue weighted by atomic mass is 16.2. The van der Waals surface area contributed by atoms with Crippen LogP contribution in [0.25, 0.3) is 0 Å². The summed E-state index contributed by atoms with van der Waals surface area (Å²) in [5.74, 6) is -0.624. The summed E-state index contributed by atoms with van der Waals surface area (Å²) in [4.78, 5) is 25.1. The molecule has 3 aromatic rings. The Morgan fingerprint density at radius 1 is 0.857 bits per heavy atom. The summed E-state index contributed by atoms with van der Waals surface area (Å²) < 4.78 is 0. The molecule has 2 amide bonds. The van der Waals surface area contributed by atoms with Gasteiger partial charge >= 0.3 is 0 Å². The Bertz CT molecular complexity index is 1070. The van der Waals surface area contributed by atoms with Gasteiger partial charge in [0.1, 0.15) is 0 Å². The quantitative estimate of drug-likeness (QED) is 0.688. The molecule has 0 heterocycles. The van der Waals surface area contributed by atoms with E-state index in [4.69, 9.17) is 5.26 Å². The van der Waals surface area contributed by atoms with Crippen LogP contribution in [-0.2, 0) is 6.42 Å². The monoisotopic (exact) mass is 369 g/mol. The lowest BCUT2D eigenvalue weighted by atomic mass is 10.1. The van der Waals surface area contributed by atoms with E-state index in [-0.39, 0.29) is 11.8 Å². The van der Waals surface area contributed by atoms with Gasteiger partial charge in [0.05, 0.1) is 11.6 Å². The number of aryl methyl sites for hydroxylation is 1. The molecule has 0 atom stereocenters. The first-order chi connectivity index (χ1) is 13.6. The molecule has 0 saturated heterocycles. The minimum Gasteiger partial charge on any atom is -0.322 e. The smallest absolute Gasteiger partial charge is 0.255 e. The van der Waals surface area contributed by atoms with E-state index in [1.807, 2.05) is 37.3 Å². The lowest BCUT2D eigenvalue weighted by molar-refractivity contribution is 0.102. The minimum atomic E-state index is -0.348. The van der Waals surface area contributed by atoms with Crippen LogP contribution in [0.15, 0.2) is 72.8 Å². The molecule has 5 heteroatoms. The molecule has 3 rings (SSSR count). The number of para-hydroxylation sites is 1. The molecular formula is C23H19N3O2. The van der Waals surface area contributed by atoms with Crippen molar-refractivity contribution in [1.82, 2.24) is 0 Å². The molecule has 0 aromatic heterocycles. The molecule has 138 valence electrons. The summed E-state index contributed by atoms with van der Waals surface area (Å²) in [6.07, 6.45) is 0.806. The van der Waals surface area contributed by atoms with E-state index in [2.05, 4.69) is 10.6 Å². The van der Waals surface area contributed by atoms with Gasteiger partial charge in [0.25, 0.3) is 11.8 Å². The van der Waals surface area contributed by atoms with E-state index >= 15 is 0 Å². The van der Waals surface area contributed by atoms with Gasteiger partial charge in [0.15, 0.2) is 0 Å². The first-order valence-electron chi connectivity index (χ1n) is 8.91. The number of carbonyl (C=O) groups excluding carboxylic acids is 2. The number of carbonyl (C=O) groups is 2. The van der Waals surface area contributed by atoms with Crippen molar-refractivity contribution in [2.75, 3.05) is 10.6 Å². The summed E-state index contributed by atoms with van der Waals surface area (Å²) in [7, 11) is 0. The van der Waals surface area contributed by atoms with Crippen molar-refractivity contribution < 1.29 is 9.59 Å². The van der Waals surface area contributed by atoms with Gasteiger partial charge in [-0.25, -0.2) is 0 Å². The predicted molar refractivity (Wildman–Crippen MR) is 109 cm³/mol. The van der Waals surface area contributed by atoms with Crippen LogP contribution in [-0.4, -0.2) is 11.8 Å². The van der Waals surface area contributed by atoms with Gasteiger partial charge in [0, 0.05) is 22.5 Å².